The number of aldehydes is 1. The molecule has 0 atom stereocenters. The second kappa shape index (κ2) is 7.63. The van der Waals surface area contributed by atoms with Crippen molar-refractivity contribution >= 4 is 17.6 Å². The number of aryl methyl sites for hydroxylation is 1. The van der Waals surface area contributed by atoms with Crippen LogP contribution < -0.4 is 0 Å². The van der Waals surface area contributed by atoms with Gasteiger partial charge in [-0.1, -0.05) is 39.0 Å². The van der Waals surface area contributed by atoms with Crippen molar-refractivity contribution in [2.75, 3.05) is 0 Å². The minimum absolute atomic E-state index is 0.857. The number of carbonyl (C=O) groups excluding carboxylic acids is 1. The lowest BCUT2D eigenvalue weighted by Gasteiger charge is -1.99. The SMILES string of the molecule is CCCCCCCCc1csc(C=O)c1. The van der Waals surface area contributed by atoms with Crippen molar-refractivity contribution < 1.29 is 4.79 Å². The zero-order chi connectivity index (χ0) is 10.9. The maximum absolute atomic E-state index is 10.5. The highest BCUT2D eigenvalue weighted by Crippen LogP contribution is 2.15. The van der Waals surface area contributed by atoms with Gasteiger partial charge in [0.25, 0.3) is 0 Å². The molecule has 0 fully saturated rings. The Bertz CT molecular complexity index is 278. The zero-order valence-electron chi connectivity index (χ0n) is 9.50. The molecule has 0 aromatic carbocycles. The van der Waals surface area contributed by atoms with Gasteiger partial charge >= 0.3 is 0 Å². The third-order valence-electron chi connectivity index (χ3n) is 2.61. The lowest BCUT2D eigenvalue weighted by Crippen LogP contribution is -1.83. The van der Waals surface area contributed by atoms with Gasteiger partial charge in [0.2, 0.25) is 0 Å². The zero-order valence-corrected chi connectivity index (χ0v) is 10.3. The Hall–Kier alpha value is -0.630. The van der Waals surface area contributed by atoms with Crippen LogP contribution in [0.25, 0.3) is 0 Å². The fraction of sp³-hybridized carbons (Fsp3) is 0.615. The van der Waals surface area contributed by atoms with Crippen LogP contribution in [0, 0.1) is 0 Å². The normalized spacial score (nSPS) is 10.5. The molecule has 2 heteroatoms. The number of hydrogen-bond acceptors (Lipinski definition) is 2. The Balaban J connectivity index is 2.07. The third kappa shape index (κ3) is 5.12. The number of rotatable bonds is 8. The lowest BCUT2D eigenvalue weighted by molar-refractivity contribution is 0.112. The molecule has 1 rings (SSSR count). The van der Waals surface area contributed by atoms with Gasteiger partial charge in [-0.3, -0.25) is 4.79 Å². The Labute approximate surface area is 96.5 Å². The van der Waals surface area contributed by atoms with Gasteiger partial charge in [-0.25, -0.2) is 0 Å². The van der Waals surface area contributed by atoms with Gasteiger partial charge in [0.15, 0.2) is 6.29 Å². The first kappa shape index (κ1) is 12.4. The Morgan fingerprint density at radius 3 is 2.60 bits per heavy atom. The highest BCUT2D eigenvalue weighted by Gasteiger charge is 1.98. The van der Waals surface area contributed by atoms with Crippen LogP contribution >= 0.6 is 11.3 Å². The molecule has 0 N–H and O–H groups in total. The highest BCUT2D eigenvalue weighted by atomic mass is 32.1. The topological polar surface area (TPSA) is 17.1 Å². The quantitative estimate of drug-likeness (QED) is 0.470. The van der Waals surface area contributed by atoms with Crippen molar-refractivity contribution in [3.8, 4) is 0 Å². The molecule has 15 heavy (non-hydrogen) atoms. The molecule has 0 radical (unpaired) electrons. The van der Waals surface area contributed by atoms with Gasteiger partial charge < -0.3 is 0 Å². The predicted octanol–water partition coefficient (Wildman–Crippen LogP) is 4.46. The van der Waals surface area contributed by atoms with E-state index in [-0.39, 0.29) is 0 Å². The molecule has 0 amide bonds. The van der Waals surface area contributed by atoms with Crippen molar-refractivity contribution in [2.45, 2.75) is 51.9 Å². The molecular formula is C13H20OS. The van der Waals surface area contributed by atoms with E-state index in [0.717, 1.165) is 17.6 Å². The first-order valence-electron chi connectivity index (χ1n) is 5.89. The maximum Gasteiger partial charge on any atom is 0.160 e. The van der Waals surface area contributed by atoms with Crippen molar-refractivity contribution in [1.82, 2.24) is 0 Å². The van der Waals surface area contributed by atoms with Gasteiger partial charge in [-0.15, -0.1) is 11.3 Å². The van der Waals surface area contributed by atoms with Crippen molar-refractivity contribution in [3.63, 3.8) is 0 Å². The van der Waals surface area contributed by atoms with Gasteiger partial charge in [0, 0.05) is 0 Å². The number of carbonyl (C=O) groups is 1. The summed E-state index contributed by atoms with van der Waals surface area (Å²) in [7, 11) is 0. The van der Waals surface area contributed by atoms with E-state index in [4.69, 9.17) is 0 Å². The molecule has 0 bridgehead atoms. The number of thiophene rings is 1. The molecular weight excluding hydrogens is 204 g/mol. The summed E-state index contributed by atoms with van der Waals surface area (Å²) in [6.45, 7) is 2.24. The summed E-state index contributed by atoms with van der Waals surface area (Å²) < 4.78 is 0. The summed E-state index contributed by atoms with van der Waals surface area (Å²) in [5.74, 6) is 0. The molecule has 0 unspecified atom stereocenters. The van der Waals surface area contributed by atoms with Crippen LogP contribution in [0.3, 0.4) is 0 Å². The standard InChI is InChI=1S/C13H20OS/c1-2-3-4-5-6-7-8-12-9-13(10-14)15-11-12/h9-11H,2-8H2,1H3. The van der Waals surface area contributed by atoms with Gasteiger partial charge in [0.05, 0.1) is 4.88 Å². The predicted molar refractivity (Wildman–Crippen MR) is 66.8 cm³/mol. The summed E-state index contributed by atoms with van der Waals surface area (Å²) in [4.78, 5) is 11.3. The van der Waals surface area contributed by atoms with Crippen LogP contribution in [0.1, 0.15) is 60.7 Å². The Morgan fingerprint density at radius 1 is 1.20 bits per heavy atom. The molecule has 0 aliphatic carbocycles. The molecule has 1 aromatic rings. The van der Waals surface area contributed by atoms with E-state index in [1.54, 1.807) is 11.3 Å². The lowest BCUT2D eigenvalue weighted by atomic mass is 10.1. The summed E-state index contributed by atoms with van der Waals surface area (Å²) in [5.41, 5.74) is 1.33. The van der Waals surface area contributed by atoms with E-state index in [9.17, 15) is 4.79 Å². The van der Waals surface area contributed by atoms with E-state index in [1.165, 1.54) is 44.1 Å². The van der Waals surface area contributed by atoms with E-state index in [2.05, 4.69) is 12.3 Å². The molecule has 84 valence electrons. The highest BCUT2D eigenvalue weighted by molar-refractivity contribution is 7.11. The minimum Gasteiger partial charge on any atom is -0.297 e. The third-order valence-corrected chi connectivity index (χ3v) is 3.52. The van der Waals surface area contributed by atoms with Crippen LogP contribution in [0.4, 0.5) is 0 Å². The fourth-order valence-electron chi connectivity index (χ4n) is 1.70. The average molecular weight is 224 g/mol. The number of unbranched alkanes of at least 4 members (excludes halogenated alkanes) is 5. The van der Waals surface area contributed by atoms with Crippen molar-refractivity contribution in [3.05, 3.63) is 21.9 Å². The second-order valence-electron chi connectivity index (χ2n) is 3.99. The van der Waals surface area contributed by atoms with Crippen LogP contribution in [-0.2, 0) is 6.42 Å². The second-order valence-corrected chi connectivity index (χ2v) is 4.94. The molecule has 0 aliphatic rings. The summed E-state index contributed by atoms with van der Waals surface area (Å²) >= 11 is 1.55. The smallest absolute Gasteiger partial charge is 0.160 e. The molecule has 0 saturated heterocycles. The van der Waals surface area contributed by atoms with Crippen LogP contribution in [0.2, 0.25) is 0 Å². The molecule has 1 aromatic heterocycles. The molecule has 0 aliphatic heterocycles. The van der Waals surface area contributed by atoms with Crippen LogP contribution in [-0.4, -0.2) is 6.29 Å². The molecule has 0 saturated carbocycles. The van der Waals surface area contributed by atoms with Crippen molar-refractivity contribution in [2.24, 2.45) is 0 Å². The van der Waals surface area contributed by atoms with Crippen LogP contribution in [0.15, 0.2) is 11.4 Å². The van der Waals surface area contributed by atoms with Gasteiger partial charge in [-0.2, -0.15) is 0 Å². The van der Waals surface area contributed by atoms with E-state index in [1.807, 2.05) is 6.07 Å². The van der Waals surface area contributed by atoms with Gasteiger partial charge in [0.1, 0.15) is 0 Å². The molecule has 0 spiro atoms. The first-order valence-corrected chi connectivity index (χ1v) is 6.77. The Kier molecular flexibility index (Phi) is 6.33. The number of hydrogen-bond donors (Lipinski definition) is 0. The fourth-order valence-corrected chi connectivity index (χ4v) is 2.45. The summed E-state index contributed by atoms with van der Waals surface area (Å²) in [5, 5.41) is 2.11. The Morgan fingerprint density at radius 2 is 1.93 bits per heavy atom. The molecule has 1 nitrogen and oxygen atoms in total. The van der Waals surface area contributed by atoms with E-state index in [0.29, 0.717) is 0 Å². The maximum atomic E-state index is 10.5. The monoisotopic (exact) mass is 224 g/mol. The van der Waals surface area contributed by atoms with Gasteiger partial charge in [-0.05, 0) is 29.9 Å². The largest absolute Gasteiger partial charge is 0.297 e. The average Bonchev–Trinajstić information content (AvgIpc) is 2.71. The van der Waals surface area contributed by atoms with E-state index >= 15 is 0 Å². The van der Waals surface area contributed by atoms with E-state index < -0.39 is 0 Å². The van der Waals surface area contributed by atoms with Crippen molar-refractivity contribution in [1.29, 1.82) is 0 Å². The summed E-state index contributed by atoms with van der Waals surface area (Å²) in [6, 6.07) is 2.02. The first-order chi connectivity index (χ1) is 7.36. The summed E-state index contributed by atoms with van der Waals surface area (Å²) in [6.07, 6.45) is 10.1. The minimum atomic E-state index is 0.857. The van der Waals surface area contributed by atoms with Crippen LogP contribution in [0.5, 0.6) is 0 Å². The molecule has 1 heterocycles.